The van der Waals surface area contributed by atoms with Gasteiger partial charge in [0.15, 0.2) is 0 Å². The molecule has 2 N–H and O–H groups in total. The van der Waals surface area contributed by atoms with Crippen molar-refractivity contribution in [2.45, 2.75) is 30.8 Å². The highest BCUT2D eigenvalue weighted by Crippen LogP contribution is 2.30. The van der Waals surface area contributed by atoms with Crippen LogP contribution in [0.5, 0.6) is 0 Å². The zero-order valence-electron chi connectivity index (χ0n) is 17.9. The second-order valence-electron chi connectivity index (χ2n) is 8.22. The number of carboxylic acid groups (broad SMARTS) is 1. The van der Waals surface area contributed by atoms with Gasteiger partial charge in [-0.3, -0.25) is 4.79 Å². The van der Waals surface area contributed by atoms with E-state index in [1.807, 2.05) is 78.9 Å². The summed E-state index contributed by atoms with van der Waals surface area (Å²) in [5, 5.41) is 13.3. The first kappa shape index (κ1) is 21.8. The molecule has 0 saturated carbocycles. The molecule has 1 aliphatic heterocycles. The topological polar surface area (TPSA) is 69.6 Å². The van der Waals surface area contributed by atoms with Gasteiger partial charge in [0.25, 0.3) is 0 Å². The minimum atomic E-state index is -0.953. The number of hydrogen-bond acceptors (Lipinski definition) is 3. The van der Waals surface area contributed by atoms with E-state index in [-0.39, 0.29) is 11.9 Å². The summed E-state index contributed by atoms with van der Waals surface area (Å²) in [6.45, 7) is 1.13. The van der Waals surface area contributed by atoms with Crippen molar-refractivity contribution >= 4 is 11.9 Å². The third-order valence-corrected chi connectivity index (χ3v) is 6.07. The first-order chi connectivity index (χ1) is 15.6. The van der Waals surface area contributed by atoms with E-state index in [2.05, 4.69) is 17.4 Å². The van der Waals surface area contributed by atoms with E-state index in [1.54, 1.807) is 4.90 Å². The summed E-state index contributed by atoms with van der Waals surface area (Å²) >= 11 is 0. The van der Waals surface area contributed by atoms with Crippen LogP contribution in [0.25, 0.3) is 0 Å². The van der Waals surface area contributed by atoms with Crippen molar-refractivity contribution in [1.82, 2.24) is 10.2 Å². The fourth-order valence-electron chi connectivity index (χ4n) is 4.46. The Morgan fingerprint density at radius 3 is 1.94 bits per heavy atom. The second kappa shape index (κ2) is 10.2. The summed E-state index contributed by atoms with van der Waals surface area (Å²) in [6.07, 6.45) is 1.27. The van der Waals surface area contributed by atoms with E-state index in [1.165, 1.54) is 5.56 Å². The van der Waals surface area contributed by atoms with Gasteiger partial charge in [-0.05, 0) is 36.1 Å². The van der Waals surface area contributed by atoms with Crippen molar-refractivity contribution in [2.24, 2.45) is 0 Å². The van der Waals surface area contributed by atoms with Crippen LogP contribution in [-0.2, 0) is 16.0 Å². The van der Waals surface area contributed by atoms with E-state index in [4.69, 9.17) is 0 Å². The summed E-state index contributed by atoms with van der Waals surface area (Å²) in [5.74, 6) is -1.64. The van der Waals surface area contributed by atoms with E-state index in [0.29, 0.717) is 13.0 Å². The molecule has 4 rings (SSSR count). The number of amides is 1. The van der Waals surface area contributed by atoms with Crippen molar-refractivity contribution in [2.75, 3.05) is 13.1 Å². The fraction of sp³-hybridized carbons (Fsp3) is 0.259. The highest BCUT2D eigenvalue weighted by molar-refractivity contribution is 5.91. The first-order valence-corrected chi connectivity index (χ1v) is 11.0. The van der Waals surface area contributed by atoms with Crippen LogP contribution in [0.3, 0.4) is 0 Å². The van der Waals surface area contributed by atoms with Gasteiger partial charge < -0.3 is 15.3 Å². The molecule has 32 heavy (non-hydrogen) atoms. The number of rotatable bonds is 8. The Kier molecular flexibility index (Phi) is 6.97. The number of hydrogen-bond donors (Lipinski definition) is 2. The van der Waals surface area contributed by atoms with E-state index < -0.39 is 17.9 Å². The molecule has 1 heterocycles. The van der Waals surface area contributed by atoms with Crippen LogP contribution in [-0.4, -0.2) is 47.1 Å². The number of carbonyl (C=O) groups excluding carboxylic acids is 1. The predicted octanol–water partition coefficient (Wildman–Crippen LogP) is 3.70. The maximum Gasteiger partial charge on any atom is 0.326 e. The minimum absolute atomic E-state index is 0.0454. The Hall–Kier alpha value is -3.44. The summed E-state index contributed by atoms with van der Waals surface area (Å²) in [7, 11) is 0. The van der Waals surface area contributed by atoms with Crippen LogP contribution in [0, 0.1) is 0 Å². The molecule has 1 saturated heterocycles. The third kappa shape index (κ3) is 5.06. The fourth-order valence-corrected chi connectivity index (χ4v) is 4.46. The Morgan fingerprint density at radius 1 is 0.875 bits per heavy atom. The maximum atomic E-state index is 13.7. The normalized spacial score (nSPS) is 18.1. The average Bonchev–Trinajstić information content (AvgIpc) is 3.26. The molecule has 0 aliphatic carbocycles. The number of benzene rings is 3. The summed E-state index contributed by atoms with van der Waals surface area (Å²) in [5.41, 5.74) is 2.97. The lowest BCUT2D eigenvalue weighted by Gasteiger charge is -2.27. The van der Waals surface area contributed by atoms with Crippen LogP contribution in [0.1, 0.15) is 29.0 Å². The molecule has 0 aromatic heterocycles. The van der Waals surface area contributed by atoms with Crippen molar-refractivity contribution < 1.29 is 14.7 Å². The number of nitrogens with zero attached hydrogens (tertiary/aromatic N) is 1. The molecule has 2 atom stereocenters. The van der Waals surface area contributed by atoms with Gasteiger partial charge >= 0.3 is 5.97 Å². The second-order valence-corrected chi connectivity index (χ2v) is 8.22. The van der Waals surface area contributed by atoms with Gasteiger partial charge in [0.2, 0.25) is 5.91 Å². The number of carbonyl (C=O) groups is 2. The lowest BCUT2D eigenvalue weighted by atomic mass is 9.90. The highest BCUT2D eigenvalue weighted by atomic mass is 16.4. The monoisotopic (exact) mass is 428 g/mol. The molecule has 0 spiro atoms. The van der Waals surface area contributed by atoms with Crippen molar-refractivity contribution in [3.05, 3.63) is 108 Å². The van der Waals surface area contributed by atoms with Gasteiger partial charge in [0.1, 0.15) is 6.04 Å². The standard InChI is InChI=1S/C27H28N2O3/c30-26(25(21-12-6-2-7-13-21)22-14-8-3-9-15-22)29-19-23(18-24(29)27(31)32)28-17-16-20-10-4-1-5-11-20/h1-15,23-25,28H,16-19H2,(H,31,32). The van der Waals surface area contributed by atoms with Gasteiger partial charge in [-0.2, -0.15) is 0 Å². The van der Waals surface area contributed by atoms with Crippen LogP contribution in [0.15, 0.2) is 91.0 Å². The SMILES string of the molecule is O=C(O)C1CC(NCCc2ccccc2)CN1C(=O)C(c1ccccc1)c1ccccc1. The molecule has 1 fully saturated rings. The zero-order valence-corrected chi connectivity index (χ0v) is 17.9. The summed E-state index contributed by atoms with van der Waals surface area (Å²) in [4.78, 5) is 27.3. The molecule has 1 aliphatic rings. The highest BCUT2D eigenvalue weighted by Gasteiger charge is 2.42. The molecule has 1 amide bonds. The lowest BCUT2D eigenvalue weighted by molar-refractivity contribution is -0.148. The number of likely N-dealkylation sites (tertiary alicyclic amines) is 1. The number of nitrogens with one attached hydrogen (secondary N) is 1. The van der Waals surface area contributed by atoms with Crippen molar-refractivity contribution in [3.8, 4) is 0 Å². The van der Waals surface area contributed by atoms with Gasteiger partial charge in [0, 0.05) is 12.6 Å². The lowest BCUT2D eigenvalue weighted by Crippen LogP contribution is -2.43. The minimum Gasteiger partial charge on any atom is -0.480 e. The predicted molar refractivity (Wildman–Crippen MR) is 124 cm³/mol. The largest absolute Gasteiger partial charge is 0.480 e. The molecule has 5 heteroatoms. The van der Waals surface area contributed by atoms with E-state index in [9.17, 15) is 14.7 Å². The Balaban J connectivity index is 1.51. The molecule has 5 nitrogen and oxygen atoms in total. The number of carboxylic acids is 1. The molecule has 164 valence electrons. The summed E-state index contributed by atoms with van der Waals surface area (Å²) in [6, 6.07) is 28.5. The van der Waals surface area contributed by atoms with Gasteiger partial charge in [-0.1, -0.05) is 91.0 Å². The van der Waals surface area contributed by atoms with Crippen LogP contribution < -0.4 is 5.32 Å². The van der Waals surface area contributed by atoms with Crippen molar-refractivity contribution in [3.63, 3.8) is 0 Å². The Bertz CT molecular complexity index is 985. The Morgan fingerprint density at radius 2 is 1.41 bits per heavy atom. The number of aliphatic carboxylic acids is 1. The maximum absolute atomic E-state index is 13.7. The molecule has 0 bridgehead atoms. The van der Waals surface area contributed by atoms with E-state index >= 15 is 0 Å². The molecular formula is C27H28N2O3. The summed E-state index contributed by atoms with van der Waals surface area (Å²) < 4.78 is 0. The molecule has 0 radical (unpaired) electrons. The molecule has 3 aromatic carbocycles. The van der Waals surface area contributed by atoms with Gasteiger partial charge in [-0.15, -0.1) is 0 Å². The van der Waals surface area contributed by atoms with Crippen LogP contribution in [0.2, 0.25) is 0 Å². The quantitative estimate of drug-likeness (QED) is 0.574. The molecular weight excluding hydrogens is 400 g/mol. The molecule has 2 unspecified atom stereocenters. The molecule has 3 aromatic rings. The zero-order chi connectivity index (χ0) is 22.3. The van der Waals surface area contributed by atoms with Gasteiger partial charge in [-0.25, -0.2) is 4.79 Å². The average molecular weight is 429 g/mol. The van der Waals surface area contributed by atoms with Crippen LogP contribution >= 0.6 is 0 Å². The van der Waals surface area contributed by atoms with Crippen molar-refractivity contribution in [1.29, 1.82) is 0 Å². The van der Waals surface area contributed by atoms with Gasteiger partial charge in [0.05, 0.1) is 5.92 Å². The third-order valence-electron chi connectivity index (χ3n) is 6.07. The van der Waals surface area contributed by atoms with Crippen LogP contribution in [0.4, 0.5) is 0 Å². The first-order valence-electron chi connectivity index (χ1n) is 11.0. The Labute approximate surface area is 188 Å². The smallest absolute Gasteiger partial charge is 0.326 e. The van der Waals surface area contributed by atoms with E-state index in [0.717, 1.165) is 24.1 Å².